The van der Waals surface area contributed by atoms with Crippen LogP contribution in [0.5, 0.6) is 0 Å². The van der Waals surface area contributed by atoms with Crippen molar-refractivity contribution in [2.45, 2.75) is 6.42 Å². The standard InChI is InChI=1S/C14H10N2/c1-2-5-10-9(4-1)8-13-15-12-7-3-6-11(10)14(12)16-13/h1-7H,8H2,(H,15,16). The molecule has 0 unspecified atom stereocenters. The summed E-state index contributed by atoms with van der Waals surface area (Å²) in [5, 5.41) is 0. The number of hydrogen-bond donors (Lipinski definition) is 1. The lowest BCUT2D eigenvalue weighted by atomic mass is 9.97. The number of imidazole rings is 1. The smallest absolute Gasteiger partial charge is 0.111 e. The van der Waals surface area contributed by atoms with Crippen molar-refractivity contribution >= 4 is 11.0 Å². The molecule has 1 N–H and O–H groups in total. The van der Waals surface area contributed by atoms with Gasteiger partial charge in [0.2, 0.25) is 0 Å². The van der Waals surface area contributed by atoms with Crippen molar-refractivity contribution in [3.05, 3.63) is 53.9 Å². The number of aromatic nitrogens is 2. The highest BCUT2D eigenvalue weighted by Crippen LogP contribution is 2.33. The van der Waals surface area contributed by atoms with E-state index in [0.29, 0.717) is 0 Å². The van der Waals surface area contributed by atoms with Gasteiger partial charge in [-0.2, -0.15) is 0 Å². The van der Waals surface area contributed by atoms with Crippen LogP contribution in [0.1, 0.15) is 11.4 Å². The zero-order valence-electron chi connectivity index (χ0n) is 8.70. The number of H-pyrrole nitrogens is 1. The molecule has 2 bridgehead atoms. The fraction of sp³-hybridized carbons (Fsp3) is 0.0714. The molecule has 1 aliphatic rings. The Morgan fingerprint density at radius 1 is 0.938 bits per heavy atom. The van der Waals surface area contributed by atoms with Crippen molar-refractivity contribution in [1.29, 1.82) is 0 Å². The van der Waals surface area contributed by atoms with Gasteiger partial charge in [0, 0.05) is 12.0 Å². The van der Waals surface area contributed by atoms with Crippen LogP contribution in [0.15, 0.2) is 42.5 Å². The summed E-state index contributed by atoms with van der Waals surface area (Å²) in [6.07, 6.45) is 0.897. The van der Waals surface area contributed by atoms with E-state index in [2.05, 4.69) is 52.4 Å². The van der Waals surface area contributed by atoms with Crippen LogP contribution in [-0.2, 0) is 6.42 Å². The normalized spacial score (nSPS) is 12.8. The van der Waals surface area contributed by atoms with Crippen LogP contribution in [-0.4, -0.2) is 9.97 Å². The topological polar surface area (TPSA) is 28.7 Å². The largest absolute Gasteiger partial charge is 0.342 e. The van der Waals surface area contributed by atoms with E-state index >= 15 is 0 Å². The summed E-state index contributed by atoms with van der Waals surface area (Å²) in [7, 11) is 0. The number of para-hydroxylation sites is 1. The predicted octanol–water partition coefficient (Wildman–Crippen LogP) is 3.13. The first-order valence-corrected chi connectivity index (χ1v) is 5.48. The lowest BCUT2D eigenvalue weighted by Crippen LogP contribution is -1.92. The van der Waals surface area contributed by atoms with Crippen LogP contribution in [0.3, 0.4) is 0 Å². The quantitative estimate of drug-likeness (QED) is 0.470. The Morgan fingerprint density at radius 2 is 1.81 bits per heavy atom. The van der Waals surface area contributed by atoms with Crippen molar-refractivity contribution in [2.75, 3.05) is 0 Å². The van der Waals surface area contributed by atoms with Crippen molar-refractivity contribution in [2.24, 2.45) is 0 Å². The average molecular weight is 206 g/mol. The molecule has 0 saturated heterocycles. The molecule has 1 aliphatic heterocycles. The molecule has 2 heteroatoms. The number of aromatic amines is 1. The molecule has 0 aliphatic carbocycles. The molecule has 0 amide bonds. The SMILES string of the molecule is c1ccc2c(c1)Cc1nc3c-2cccc3[nH]1. The van der Waals surface area contributed by atoms with Crippen molar-refractivity contribution in [3.63, 3.8) is 0 Å². The van der Waals surface area contributed by atoms with Crippen LogP contribution in [0.4, 0.5) is 0 Å². The Balaban J connectivity index is 2.22. The summed E-state index contributed by atoms with van der Waals surface area (Å²) in [6, 6.07) is 14.9. The first kappa shape index (κ1) is 8.11. The highest BCUT2D eigenvalue weighted by molar-refractivity contribution is 5.93. The van der Waals surface area contributed by atoms with Crippen molar-refractivity contribution in [3.8, 4) is 11.1 Å². The summed E-state index contributed by atoms with van der Waals surface area (Å²) < 4.78 is 0. The van der Waals surface area contributed by atoms with Crippen LogP contribution >= 0.6 is 0 Å². The molecule has 16 heavy (non-hydrogen) atoms. The van der Waals surface area contributed by atoms with E-state index in [1.165, 1.54) is 16.7 Å². The van der Waals surface area contributed by atoms with Crippen LogP contribution in [0, 0.1) is 0 Å². The van der Waals surface area contributed by atoms with E-state index in [-0.39, 0.29) is 0 Å². The third-order valence-electron chi connectivity index (χ3n) is 3.23. The van der Waals surface area contributed by atoms with Gasteiger partial charge in [-0.05, 0) is 17.2 Å². The molecule has 0 spiro atoms. The maximum Gasteiger partial charge on any atom is 0.111 e. The average Bonchev–Trinajstić information content (AvgIpc) is 2.64. The van der Waals surface area contributed by atoms with E-state index in [0.717, 1.165) is 23.3 Å². The predicted molar refractivity (Wildman–Crippen MR) is 64.3 cm³/mol. The van der Waals surface area contributed by atoms with E-state index in [4.69, 9.17) is 0 Å². The molecule has 2 aromatic carbocycles. The first-order valence-electron chi connectivity index (χ1n) is 5.48. The van der Waals surface area contributed by atoms with E-state index in [1.54, 1.807) is 0 Å². The van der Waals surface area contributed by atoms with Gasteiger partial charge < -0.3 is 4.98 Å². The second-order valence-corrected chi connectivity index (χ2v) is 4.22. The summed E-state index contributed by atoms with van der Waals surface area (Å²) in [5.74, 6) is 1.06. The second-order valence-electron chi connectivity index (χ2n) is 4.22. The van der Waals surface area contributed by atoms with Crippen molar-refractivity contribution in [1.82, 2.24) is 9.97 Å². The summed E-state index contributed by atoms with van der Waals surface area (Å²) in [4.78, 5) is 8.02. The number of rotatable bonds is 0. The van der Waals surface area contributed by atoms with Crippen LogP contribution in [0.2, 0.25) is 0 Å². The lowest BCUT2D eigenvalue weighted by Gasteiger charge is -2.08. The Morgan fingerprint density at radius 3 is 2.81 bits per heavy atom. The Kier molecular flexibility index (Phi) is 1.38. The molecule has 1 aromatic heterocycles. The third kappa shape index (κ3) is 0.936. The minimum absolute atomic E-state index is 0.897. The van der Waals surface area contributed by atoms with E-state index in [9.17, 15) is 0 Å². The fourth-order valence-corrected chi connectivity index (χ4v) is 2.50. The van der Waals surface area contributed by atoms with Crippen molar-refractivity contribution < 1.29 is 0 Å². The second kappa shape index (κ2) is 2.73. The number of nitrogens with one attached hydrogen (secondary N) is 1. The number of nitrogens with zero attached hydrogens (tertiary/aromatic N) is 1. The monoisotopic (exact) mass is 206 g/mol. The first-order chi connectivity index (χ1) is 7.92. The zero-order chi connectivity index (χ0) is 10.5. The minimum atomic E-state index is 0.897. The fourth-order valence-electron chi connectivity index (χ4n) is 2.50. The molecule has 0 radical (unpaired) electrons. The summed E-state index contributed by atoms with van der Waals surface area (Å²) in [5.41, 5.74) is 6.15. The molecule has 3 aromatic rings. The molecule has 0 fully saturated rings. The van der Waals surface area contributed by atoms with Gasteiger partial charge in [-0.15, -0.1) is 0 Å². The molecule has 2 nitrogen and oxygen atoms in total. The number of hydrogen-bond acceptors (Lipinski definition) is 1. The zero-order valence-corrected chi connectivity index (χ0v) is 8.70. The molecular weight excluding hydrogens is 196 g/mol. The highest BCUT2D eigenvalue weighted by atomic mass is 14.9. The van der Waals surface area contributed by atoms with Gasteiger partial charge in [0.15, 0.2) is 0 Å². The number of fused-ring (bicyclic) bond motifs is 3. The van der Waals surface area contributed by atoms with E-state index < -0.39 is 0 Å². The minimum Gasteiger partial charge on any atom is -0.342 e. The Hall–Kier alpha value is -2.09. The highest BCUT2D eigenvalue weighted by Gasteiger charge is 2.16. The molecule has 2 heterocycles. The van der Waals surface area contributed by atoms with Gasteiger partial charge in [-0.25, -0.2) is 4.98 Å². The number of benzene rings is 2. The molecule has 4 rings (SSSR count). The Bertz CT molecular complexity index is 695. The maximum absolute atomic E-state index is 4.65. The van der Waals surface area contributed by atoms with E-state index in [1.807, 2.05) is 0 Å². The Labute approximate surface area is 93.0 Å². The molecule has 0 saturated carbocycles. The summed E-state index contributed by atoms with van der Waals surface area (Å²) >= 11 is 0. The van der Waals surface area contributed by atoms with Crippen LogP contribution in [0.25, 0.3) is 22.2 Å². The van der Waals surface area contributed by atoms with Gasteiger partial charge >= 0.3 is 0 Å². The molecule has 0 atom stereocenters. The summed E-state index contributed by atoms with van der Waals surface area (Å²) in [6.45, 7) is 0. The third-order valence-corrected chi connectivity index (χ3v) is 3.23. The van der Waals surface area contributed by atoms with Crippen LogP contribution < -0.4 is 0 Å². The van der Waals surface area contributed by atoms with Gasteiger partial charge in [0.05, 0.1) is 11.0 Å². The van der Waals surface area contributed by atoms with Gasteiger partial charge in [-0.3, -0.25) is 0 Å². The maximum atomic E-state index is 4.65. The van der Waals surface area contributed by atoms with Gasteiger partial charge in [0.25, 0.3) is 0 Å². The van der Waals surface area contributed by atoms with Gasteiger partial charge in [-0.1, -0.05) is 36.4 Å². The van der Waals surface area contributed by atoms with Gasteiger partial charge in [0.1, 0.15) is 5.82 Å². The molecular formula is C14H10N2. The molecule has 76 valence electrons. The lowest BCUT2D eigenvalue weighted by molar-refractivity contribution is 1.05.